The number of carbonyl (C=O) groups is 3. The summed E-state index contributed by atoms with van der Waals surface area (Å²) in [7, 11) is 0. The number of benzene rings is 1. The molecule has 0 heterocycles. The van der Waals surface area contributed by atoms with Crippen molar-refractivity contribution in [2.75, 3.05) is 0 Å². The molecule has 0 radical (unpaired) electrons. The first kappa shape index (κ1) is 16.8. The van der Waals surface area contributed by atoms with Crippen LogP contribution in [0.2, 0.25) is 5.02 Å². The predicted octanol–water partition coefficient (Wildman–Crippen LogP) is 2.56. The Hall–Kier alpha value is -1.52. The van der Waals surface area contributed by atoms with Crippen LogP contribution >= 0.6 is 11.6 Å². The summed E-state index contributed by atoms with van der Waals surface area (Å²) in [5, 5.41) is 11.1. The molecule has 118 valence electrons. The quantitative estimate of drug-likeness (QED) is 0.868. The summed E-state index contributed by atoms with van der Waals surface area (Å²) in [6, 6.07) is 6.71. The Morgan fingerprint density at radius 3 is 2.18 bits per heavy atom. The summed E-state index contributed by atoms with van der Waals surface area (Å²) < 4.78 is 0. The fourth-order valence-corrected chi connectivity index (χ4v) is 3.72. The fraction of sp³-hybridized carbons (Fsp3) is 0.471. The van der Waals surface area contributed by atoms with Crippen LogP contribution in [0.3, 0.4) is 0 Å². The van der Waals surface area contributed by atoms with E-state index in [-0.39, 0.29) is 23.8 Å². The maximum Gasteiger partial charge on any atom is 0.146 e. The Balaban J connectivity index is 2.61. The third-order valence-corrected chi connectivity index (χ3v) is 4.65. The second kappa shape index (κ2) is 5.94. The Kier molecular flexibility index (Phi) is 4.54. The first-order valence-electron chi connectivity index (χ1n) is 7.16. The maximum atomic E-state index is 12.4. The minimum absolute atomic E-state index is 0.189. The van der Waals surface area contributed by atoms with Gasteiger partial charge in [0.25, 0.3) is 0 Å². The zero-order valence-corrected chi connectivity index (χ0v) is 13.6. The van der Waals surface area contributed by atoms with Crippen LogP contribution in [0.25, 0.3) is 0 Å². The van der Waals surface area contributed by atoms with Crippen LogP contribution in [0.1, 0.15) is 38.7 Å². The second-order valence-corrected chi connectivity index (χ2v) is 6.69. The Labute approximate surface area is 134 Å². The van der Waals surface area contributed by atoms with Gasteiger partial charge >= 0.3 is 0 Å². The van der Waals surface area contributed by atoms with Gasteiger partial charge in [0.1, 0.15) is 17.3 Å². The van der Waals surface area contributed by atoms with Crippen molar-refractivity contribution in [1.82, 2.24) is 0 Å². The number of ketones is 3. The summed E-state index contributed by atoms with van der Waals surface area (Å²) in [6.07, 6.45) is -0.189. The number of rotatable bonds is 3. The average molecular weight is 323 g/mol. The Bertz CT molecular complexity index is 618. The van der Waals surface area contributed by atoms with Crippen LogP contribution in [0.4, 0.5) is 0 Å². The van der Waals surface area contributed by atoms with Crippen LogP contribution < -0.4 is 0 Å². The predicted molar refractivity (Wildman–Crippen MR) is 82.8 cm³/mol. The molecule has 1 aromatic rings. The summed E-state index contributed by atoms with van der Waals surface area (Å²) >= 11 is 5.88. The molecule has 1 saturated carbocycles. The smallest absolute Gasteiger partial charge is 0.146 e. The van der Waals surface area contributed by atoms with Crippen LogP contribution in [-0.2, 0) is 14.4 Å². The van der Waals surface area contributed by atoms with Gasteiger partial charge < -0.3 is 5.11 Å². The molecule has 4 atom stereocenters. The van der Waals surface area contributed by atoms with Crippen molar-refractivity contribution in [1.29, 1.82) is 0 Å². The highest BCUT2D eigenvalue weighted by Gasteiger charge is 2.53. The molecular weight excluding hydrogens is 304 g/mol. The van der Waals surface area contributed by atoms with E-state index < -0.39 is 23.4 Å². The van der Waals surface area contributed by atoms with E-state index in [1.54, 1.807) is 24.3 Å². The molecule has 1 aliphatic rings. The SMILES string of the molecule is CC(=O)[C@H]1C(=O)C[C@@](C)(O)[C@H](C(C)=O)[C@H]1c1ccc(Cl)cc1. The van der Waals surface area contributed by atoms with Gasteiger partial charge in [-0.2, -0.15) is 0 Å². The third kappa shape index (κ3) is 2.99. The van der Waals surface area contributed by atoms with Gasteiger partial charge in [-0.05, 0) is 38.5 Å². The number of Topliss-reactive ketones (excluding diaryl/α,β-unsaturated/α-hetero) is 3. The van der Waals surface area contributed by atoms with Crippen molar-refractivity contribution >= 4 is 29.0 Å². The number of hydrogen-bond acceptors (Lipinski definition) is 4. The van der Waals surface area contributed by atoms with Crippen LogP contribution in [0.5, 0.6) is 0 Å². The molecule has 4 nitrogen and oxygen atoms in total. The number of halogens is 1. The Morgan fingerprint density at radius 2 is 1.73 bits per heavy atom. The van der Waals surface area contributed by atoms with Crippen molar-refractivity contribution in [3.8, 4) is 0 Å². The van der Waals surface area contributed by atoms with Gasteiger partial charge in [0.05, 0.1) is 17.4 Å². The average Bonchev–Trinajstić information content (AvgIpc) is 2.36. The van der Waals surface area contributed by atoms with Crippen molar-refractivity contribution in [2.45, 2.75) is 38.7 Å². The highest BCUT2D eigenvalue weighted by atomic mass is 35.5. The largest absolute Gasteiger partial charge is 0.389 e. The molecule has 5 heteroatoms. The van der Waals surface area contributed by atoms with E-state index in [0.717, 1.165) is 0 Å². The van der Waals surface area contributed by atoms with E-state index in [1.165, 1.54) is 20.8 Å². The molecule has 0 saturated heterocycles. The minimum Gasteiger partial charge on any atom is -0.389 e. The summed E-state index contributed by atoms with van der Waals surface area (Å²) in [5.41, 5.74) is -0.794. The standard InChI is InChI=1S/C17H19ClO4/c1-9(19)14-13(21)8-17(3,22)16(10(2)20)15(14)11-4-6-12(18)7-5-11/h4-7,14-16,22H,8H2,1-3H3/t14-,15-,16+,17+/m0/s1. The molecule has 0 bridgehead atoms. The number of carbonyl (C=O) groups excluding carboxylic acids is 3. The molecule has 0 unspecified atom stereocenters. The van der Waals surface area contributed by atoms with E-state index in [9.17, 15) is 19.5 Å². The lowest BCUT2D eigenvalue weighted by atomic mass is 9.60. The highest BCUT2D eigenvalue weighted by Crippen LogP contribution is 2.46. The van der Waals surface area contributed by atoms with Gasteiger partial charge in [0.2, 0.25) is 0 Å². The molecule has 0 aromatic heterocycles. The van der Waals surface area contributed by atoms with Crippen molar-refractivity contribution in [2.24, 2.45) is 11.8 Å². The van der Waals surface area contributed by atoms with Gasteiger partial charge in [-0.25, -0.2) is 0 Å². The lowest BCUT2D eigenvalue weighted by Gasteiger charge is -2.44. The van der Waals surface area contributed by atoms with E-state index in [1.807, 2.05) is 0 Å². The van der Waals surface area contributed by atoms with Crippen LogP contribution in [0, 0.1) is 11.8 Å². The zero-order chi connectivity index (χ0) is 16.7. The molecule has 1 N–H and O–H groups in total. The lowest BCUT2D eigenvalue weighted by Crippen LogP contribution is -2.53. The van der Waals surface area contributed by atoms with Crippen LogP contribution in [-0.4, -0.2) is 28.1 Å². The molecule has 1 aliphatic carbocycles. The van der Waals surface area contributed by atoms with Crippen molar-refractivity contribution in [3.63, 3.8) is 0 Å². The highest BCUT2D eigenvalue weighted by molar-refractivity contribution is 6.30. The molecular formula is C17H19ClO4. The minimum atomic E-state index is -1.46. The molecule has 2 rings (SSSR count). The third-order valence-electron chi connectivity index (χ3n) is 4.40. The van der Waals surface area contributed by atoms with Crippen molar-refractivity contribution in [3.05, 3.63) is 34.9 Å². The molecule has 0 spiro atoms. The van der Waals surface area contributed by atoms with E-state index in [4.69, 9.17) is 11.6 Å². The molecule has 0 aliphatic heterocycles. The van der Waals surface area contributed by atoms with Gasteiger partial charge in [-0.15, -0.1) is 0 Å². The van der Waals surface area contributed by atoms with Gasteiger partial charge in [-0.3, -0.25) is 14.4 Å². The van der Waals surface area contributed by atoms with E-state index in [2.05, 4.69) is 0 Å². The second-order valence-electron chi connectivity index (χ2n) is 6.25. The molecule has 1 aromatic carbocycles. The maximum absolute atomic E-state index is 12.4. The normalized spacial score (nSPS) is 31.9. The monoisotopic (exact) mass is 322 g/mol. The topological polar surface area (TPSA) is 71.4 Å². The fourth-order valence-electron chi connectivity index (χ4n) is 3.59. The Morgan fingerprint density at radius 1 is 1.18 bits per heavy atom. The van der Waals surface area contributed by atoms with Gasteiger partial charge in [0.15, 0.2) is 0 Å². The van der Waals surface area contributed by atoms with Crippen LogP contribution in [0.15, 0.2) is 24.3 Å². The first-order chi connectivity index (χ1) is 10.1. The molecule has 0 amide bonds. The molecule has 1 fully saturated rings. The van der Waals surface area contributed by atoms with E-state index >= 15 is 0 Å². The van der Waals surface area contributed by atoms with Gasteiger partial charge in [-0.1, -0.05) is 23.7 Å². The summed E-state index contributed by atoms with van der Waals surface area (Å²) in [5.74, 6) is -3.22. The molecule has 22 heavy (non-hydrogen) atoms. The van der Waals surface area contributed by atoms with Crippen molar-refractivity contribution < 1.29 is 19.5 Å². The number of hydrogen-bond donors (Lipinski definition) is 1. The van der Waals surface area contributed by atoms with E-state index in [0.29, 0.717) is 10.6 Å². The lowest BCUT2D eigenvalue weighted by molar-refractivity contribution is -0.151. The van der Waals surface area contributed by atoms with Gasteiger partial charge in [0, 0.05) is 17.4 Å². The summed E-state index contributed by atoms with van der Waals surface area (Å²) in [4.78, 5) is 36.5. The zero-order valence-electron chi connectivity index (χ0n) is 12.8. The summed E-state index contributed by atoms with van der Waals surface area (Å²) in [6.45, 7) is 4.22. The number of aliphatic hydroxyl groups is 1. The first-order valence-corrected chi connectivity index (χ1v) is 7.54.